The summed E-state index contributed by atoms with van der Waals surface area (Å²) in [6, 6.07) is 2.70. The Morgan fingerprint density at radius 2 is 2.06 bits per heavy atom. The number of rotatable bonds is 3. The fourth-order valence-electron chi connectivity index (χ4n) is 1.55. The van der Waals surface area contributed by atoms with Crippen LogP contribution in [-0.4, -0.2) is 10.1 Å². The van der Waals surface area contributed by atoms with Gasteiger partial charge >= 0.3 is 0 Å². The first kappa shape index (κ1) is 12.6. The Hall–Kier alpha value is -1.82. The average molecular weight is 253 g/mol. The zero-order valence-corrected chi connectivity index (χ0v) is 10.1. The Kier molecular flexibility index (Phi) is 3.38. The van der Waals surface area contributed by atoms with Crippen molar-refractivity contribution in [2.24, 2.45) is 5.73 Å². The molecule has 2 rings (SSSR count). The van der Waals surface area contributed by atoms with Crippen molar-refractivity contribution in [3.8, 4) is 11.4 Å². The summed E-state index contributed by atoms with van der Waals surface area (Å²) in [7, 11) is 0. The molecule has 1 aromatic carbocycles. The number of benzene rings is 1. The lowest BCUT2D eigenvalue weighted by molar-refractivity contribution is 0.380. The van der Waals surface area contributed by atoms with Gasteiger partial charge in [-0.25, -0.2) is 8.78 Å². The Bertz CT molecular complexity index is 566. The van der Waals surface area contributed by atoms with Gasteiger partial charge in [-0.3, -0.25) is 0 Å². The highest BCUT2D eigenvalue weighted by Crippen LogP contribution is 2.27. The minimum Gasteiger partial charge on any atom is -0.338 e. The molecule has 6 heteroatoms. The molecule has 0 fully saturated rings. The second kappa shape index (κ2) is 4.81. The zero-order chi connectivity index (χ0) is 13.3. The molecule has 0 amide bonds. The monoisotopic (exact) mass is 253 g/mol. The predicted octanol–water partition coefficient (Wildman–Crippen LogP) is 2.60. The molecule has 0 aliphatic rings. The standard InChI is InChI=1S/C12H13F2N3O/c1-6(2)7-3-8(11(14)9(13)4-7)12-16-10(5-15)18-17-12/h3-4,6H,5,15H2,1-2H3. The number of nitrogens with zero attached hydrogens (tertiary/aromatic N) is 2. The van der Waals surface area contributed by atoms with Crippen LogP contribution in [0.1, 0.15) is 31.2 Å². The molecular weight excluding hydrogens is 240 g/mol. The molecule has 0 radical (unpaired) electrons. The predicted molar refractivity (Wildman–Crippen MR) is 61.6 cm³/mol. The molecule has 0 aliphatic heterocycles. The smallest absolute Gasteiger partial charge is 0.240 e. The molecule has 0 saturated carbocycles. The van der Waals surface area contributed by atoms with Crippen molar-refractivity contribution in [1.82, 2.24) is 10.1 Å². The van der Waals surface area contributed by atoms with E-state index >= 15 is 0 Å². The van der Waals surface area contributed by atoms with Crippen LogP contribution in [0.25, 0.3) is 11.4 Å². The number of halogens is 2. The van der Waals surface area contributed by atoms with Crippen molar-refractivity contribution in [2.75, 3.05) is 0 Å². The van der Waals surface area contributed by atoms with Gasteiger partial charge in [-0.15, -0.1) is 0 Å². The Morgan fingerprint density at radius 3 is 2.61 bits per heavy atom. The molecule has 0 atom stereocenters. The first-order chi connectivity index (χ1) is 8.52. The van der Waals surface area contributed by atoms with Gasteiger partial charge in [0, 0.05) is 0 Å². The number of hydrogen-bond donors (Lipinski definition) is 1. The van der Waals surface area contributed by atoms with E-state index in [9.17, 15) is 8.78 Å². The summed E-state index contributed by atoms with van der Waals surface area (Å²) in [6.07, 6.45) is 0. The molecule has 2 aromatic rings. The number of hydrogen-bond acceptors (Lipinski definition) is 4. The Morgan fingerprint density at radius 1 is 1.33 bits per heavy atom. The maximum atomic E-state index is 13.7. The third-order valence-electron chi connectivity index (χ3n) is 2.60. The van der Waals surface area contributed by atoms with Gasteiger partial charge in [-0.1, -0.05) is 19.0 Å². The van der Waals surface area contributed by atoms with Gasteiger partial charge in [0.05, 0.1) is 12.1 Å². The van der Waals surface area contributed by atoms with Crippen LogP contribution in [0, 0.1) is 11.6 Å². The van der Waals surface area contributed by atoms with Gasteiger partial charge in [0.1, 0.15) is 0 Å². The summed E-state index contributed by atoms with van der Waals surface area (Å²) in [5.74, 6) is -1.65. The molecule has 0 aliphatic carbocycles. The SMILES string of the molecule is CC(C)c1cc(F)c(F)c(-c2noc(CN)n2)c1. The van der Waals surface area contributed by atoms with Gasteiger partial charge in [-0.2, -0.15) is 4.98 Å². The highest BCUT2D eigenvalue weighted by Gasteiger charge is 2.18. The molecule has 0 spiro atoms. The fraction of sp³-hybridized carbons (Fsp3) is 0.333. The van der Waals surface area contributed by atoms with Crippen LogP contribution in [0.3, 0.4) is 0 Å². The average Bonchev–Trinajstić information content (AvgIpc) is 2.80. The van der Waals surface area contributed by atoms with E-state index < -0.39 is 11.6 Å². The topological polar surface area (TPSA) is 64.9 Å². The first-order valence-electron chi connectivity index (χ1n) is 5.55. The highest BCUT2D eigenvalue weighted by atomic mass is 19.2. The molecular formula is C12H13F2N3O. The summed E-state index contributed by atoms with van der Waals surface area (Å²) in [6.45, 7) is 3.83. The zero-order valence-electron chi connectivity index (χ0n) is 10.1. The third kappa shape index (κ3) is 2.24. The summed E-state index contributed by atoms with van der Waals surface area (Å²) in [4.78, 5) is 3.89. The van der Waals surface area contributed by atoms with Gasteiger partial charge in [-0.05, 0) is 23.6 Å². The molecule has 4 nitrogen and oxygen atoms in total. The number of aromatic nitrogens is 2. The Labute approximate surface area is 103 Å². The summed E-state index contributed by atoms with van der Waals surface area (Å²) < 4.78 is 32.0. The molecule has 18 heavy (non-hydrogen) atoms. The van der Waals surface area contributed by atoms with E-state index in [-0.39, 0.29) is 29.7 Å². The van der Waals surface area contributed by atoms with Gasteiger partial charge in [0.15, 0.2) is 11.6 Å². The van der Waals surface area contributed by atoms with Crippen molar-refractivity contribution >= 4 is 0 Å². The summed E-state index contributed by atoms with van der Waals surface area (Å²) >= 11 is 0. The molecule has 0 saturated heterocycles. The maximum absolute atomic E-state index is 13.7. The normalized spacial score (nSPS) is 11.2. The minimum absolute atomic E-state index is 0.00866. The summed E-state index contributed by atoms with van der Waals surface area (Å²) in [5.41, 5.74) is 5.98. The van der Waals surface area contributed by atoms with Crippen LogP contribution in [0.4, 0.5) is 8.78 Å². The number of nitrogens with two attached hydrogens (primary N) is 1. The van der Waals surface area contributed by atoms with Crippen molar-refractivity contribution in [2.45, 2.75) is 26.3 Å². The highest BCUT2D eigenvalue weighted by molar-refractivity contribution is 5.57. The van der Waals surface area contributed by atoms with E-state index in [1.165, 1.54) is 12.1 Å². The van der Waals surface area contributed by atoms with E-state index in [1.54, 1.807) is 0 Å². The maximum Gasteiger partial charge on any atom is 0.240 e. The summed E-state index contributed by atoms with van der Waals surface area (Å²) in [5, 5.41) is 3.59. The van der Waals surface area contributed by atoms with E-state index in [1.807, 2.05) is 13.8 Å². The first-order valence-corrected chi connectivity index (χ1v) is 5.55. The van der Waals surface area contributed by atoms with Crippen molar-refractivity contribution in [1.29, 1.82) is 0 Å². The lowest BCUT2D eigenvalue weighted by atomic mass is 10.00. The molecule has 96 valence electrons. The minimum atomic E-state index is -0.983. The molecule has 2 N–H and O–H groups in total. The van der Waals surface area contributed by atoms with Gasteiger partial charge in [0.2, 0.25) is 11.7 Å². The second-order valence-electron chi connectivity index (χ2n) is 4.23. The van der Waals surface area contributed by atoms with E-state index in [4.69, 9.17) is 10.3 Å². The second-order valence-corrected chi connectivity index (χ2v) is 4.23. The van der Waals surface area contributed by atoms with Crippen LogP contribution >= 0.6 is 0 Å². The molecule has 1 heterocycles. The molecule has 0 bridgehead atoms. The van der Waals surface area contributed by atoms with Crippen LogP contribution in [0.2, 0.25) is 0 Å². The molecule has 0 unspecified atom stereocenters. The van der Waals surface area contributed by atoms with Crippen LogP contribution in [-0.2, 0) is 6.54 Å². The van der Waals surface area contributed by atoms with Crippen molar-refractivity contribution < 1.29 is 13.3 Å². The fourth-order valence-corrected chi connectivity index (χ4v) is 1.55. The Balaban J connectivity index is 2.55. The van der Waals surface area contributed by atoms with Crippen LogP contribution in [0.15, 0.2) is 16.7 Å². The lowest BCUT2D eigenvalue weighted by Gasteiger charge is -2.08. The van der Waals surface area contributed by atoms with Crippen molar-refractivity contribution in [3.05, 3.63) is 35.2 Å². The van der Waals surface area contributed by atoms with Crippen LogP contribution in [0.5, 0.6) is 0 Å². The van der Waals surface area contributed by atoms with E-state index in [2.05, 4.69) is 10.1 Å². The van der Waals surface area contributed by atoms with Gasteiger partial charge < -0.3 is 10.3 Å². The largest absolute Gasteiger partial charge is 0.338 e. The van der Waals surface area contributed by atoms with E-state index in [0.717, 1.165) is 0 Å². The lowest BCUT2D eigenvalue weighted by Crippen LogP contribution is -1.98. The van der Waals surface area contributed by atoms with Crippen molar-refractivity contribution in [3.63, 3.8) is 0 Å². The quantitative estimate of drug-likeness (QED) is 0.913. The van der Waals surface area contributed by atoms with Crippen LogP contribution < -0.4 is 5.73 Å². The van der Waals surface area contributed by atoms with E-state index in [0.29, 0.717) is 5.56 Å². The third-order valence-corrected chi connectivity index (χ3v) is 2.60. The van der Waals surface area contributed by atoms with Gasteiger partial charge in [0.25, 0.3) is 0 Å². The molecule has 1 aromatic heterocycles.